The van der Waals surface area contributed by atoms with Crippen molar-refractivity contribution in [3.05, 3.63) is 35.9 Å². The van der Waals surface area contributed by atoms with Crippen molar-refractivity contribution in [2.75, 3.05) is 13.6 Å². The highest BCUT2D eigenvalue weighted by atomic mass is 16.6. The number of carbonyl (C=O) groups excluding carboxylic acids is 2. The van der Waals surface area contributed by atoms with E-state index < -0.39 is 24.1 Å². The van der Waals surface area contributed by atoms with Gasteiger partial charge in [-0.3, -0.25) is 14.9 Å². The lowest BCUT2D eigenvalue weighted by Crippen LogP contribution is -2.50. The van der Waals surface area contributed by atoms with E-state index in [2.05, 4.69) is 0 Å². The Balaban J connectivity index is 1.99. The van der Waals surface area contributed by atoms with Gasteiger partial charge in [-0.2, -0.15) is 0 Å². The van der Waals surface area contributed by atoms with Crippen molar-refractivity contribution in [3.8, 4) is 0 Å². The Hall–Kier alpha value is -2.12. The van der Waals surface area contributed by atoms with Gasteiger partial charge >= 0.3 is 6.09 Å². The number of hydrogen-bond acceptors (Lipinski definition) is 5. The van der Waals surface area contributed by atoms with Crippen LogP contribution in [0.5, 0.6) is 0 Å². The lowest BCUT2D eigenvalue weighted by Gasteiger charge is -2.26. The topological polar surface area (TPSA) is 90.3 Å². The quantitative estimate of drug-likeness (QED) is 0.629. The molecule has 0 aromatic heterocycles. The maximum absolute atomic E-state index is 12.0. The molecule has 114 valence electrons. The van der Waals surface area contributed by atoms with Crippen LogP contribution < -0.4 is 0 Å². The molecule has 1 aliphatic rings. The van der Waals surface area contributed by atoms with Gasteiger partial charge in [0.2, 0.25) is 0 Å². The zero-order valence-corrected chi connectivity index (χ0v) is 11.7. The maximum Gasteiger partial charge on any atom is 0.410 e. The molecule has 1 heterocycles. The number of amides is 2. The summed E-state index contributed by atoms with van der Waals surface area (Å²) in [4.78, 5) is 25.0. The Morgan fingerprint density at radius 3 is 2.67 bits per heavy atom. The number of ether oxygens (including phenoxy) is 1. The number of rotatable bonds is 3. The van der Waals surface area contributed by atoms with Crippen molar-refractivity contribution in [1.29, 1.82) is 0 Å². The number of aliphatic hydroxyl groups is 1. The summed E-state index contributed by atoms with van der Waals surface area (Å²) in [7, 11) is 1.15. The summed E-state index contributed by atoms with van der Waals surface area (Å²) in [6.45, 7) is 0.293. The minimum absolute atomic E-state index is 0.0855. The summed E-state index contributed by atoms with van der Waals surface area (Å²) in [5.41, 5.74) is 0.827. The minimum Gasteiger partial charge on any atom is -0.445 e. The van der Waals surface area contributed by atoms with Gasteiger partial charge in [-0.25, -0.2) is 9.86 Å². The van der Waals surface area contributed by atoms with E-state index in [0.717, 1.165) is 17.5 Å². The van der Waals surface area contributed by atoms with Crippen LogP contribution in [0, 0.1) is 0 Å². The molecule has 2 N–H and O–H groups in total. The number of benzene rings is 1. The van der Waals surface area contributed by atoms with Crippen molar-refractivity contribution in [1.82, 2.24) is 9.96 Å². The van der Waals surface area contributed by atoms with Crippen molar-refractivity contribution in [2.45, 2.75) is 25.2 Å². The SMILES string of the molecule is CN(O)C(=O)[C@@H]1C(O)CCN1C(=O)OCc1ccccc1. The molecule has 0 radical (unpaired) electrons. The number of carbonyl (C=O) groups is 2. The molecule has 0 spiro atoms. The molecular weight excluding hydrogens is 276 g/mol. The Morgan fingerprint density at radius 2 is 2.05 bits per heavy atom. The average Bonchev–Trinajstić information content (AvgIpc) is 2.86. The van der Waals surface area contributed by atoms with Crippen LogP contribution in [0.3, 0.4) is 0 Å². The zero-order valence-electron chi connectivity index (χ0n) is 11.7. The van der Waals surface area contributed by atoms with Crippen molar-refractivity contribution < 1.29 is 24.6 Å². The minimum atomic E-state index is -1.11. The van der Waals surface area contributed by atoms with Gasteiger partial charge in [0.15, 0.2) is 0 Å². The third kappa shape index (κ3) is 3.50. The van der Waals surface area contributed by atoms with Gasteiger partial charge in [-0.1, -0.05) is 30.3 Å². The maximum atomic E-state index is 12.0. The smallest absolute Gasteiger partial charge is 0.410 e. The highest BCUT2D eigenvalue weighted by Gasteiger charge is 2.43. The number of hydrogen-bond donors (Lipinski definition) is 2. The summed E-state index contributed by atoms with van der Waals surface area (Å²) in [5, 5.41) is 19.4. The molecular formula is C14H18N2O5. The van der Waals surface area contributed by atoms with Gasteiger partial charge in [0.05, 0.1) is 6.10 Å². The number of aliphatic hydroxyl groups excluding tert-OH is 1. The summed E-state index contributed by atoms with van der Waals surface area (Å²) in [5.74, 6) is -0.739. The highest BCUT2D eigenvalue weighted by Crippen LogP contribution is 2.21. The molecule has 1 aromatic carbocycles. The summed E-state index contributed by atoms with van der Waals surface area (Å²) >= 11 is 0. The monoisotopic (exact) mass is 294 g/mol. The van der Waals surface area contributed by atoms with Crippen LogP contribution in [0.25, 0.3) is 0 Å². The molecule has 1 unspecified atom stereocenters. The molecule has 1 saturated heterocycles. The molecule has 0 aliphatic carbocycles. The van der Waals surface area contributed by atoms with Gasteiger partial charge in [-0.05, 0) is 12.0 Å². The molecule has 2 rings (SSSR count). The largest absolute Gasteiger partial charge is 0.445 e. The fraction of sp³-hybridized carbons (Fsp3) is 0.429. The van der Waals surface area contributed by atoms with Crippen molar-refractivity contribution in [3.63, 3.8) is 0 Å². The molecule has 7 nitrogen and oxygen atoms in total. The lowest BCUT2D eigenvalue weighted by molar-refractivity contribution is -0.166. The van der Waals surface area contributed by atoms with Crippen molar-refractivity contribution >= 4 is 12.0 Å². The molecule has 1 fully saturated rings. The first-order valence-corrected chi connectivity index (χ1v) is 6.62. The molecule has 0 bridgehead atoms. The van der Waals surface area contributed by atoms with Crippen LogP contribution in [-0.4, -0.2) is 58.0 Å². The van der Waals surface area contributed by atoms with Crippen LogP contribution in [-0.2, 0) is 16.1 Å². The van der Waals surface area contributed by atoms with Gasteiger partial charge in [0.25, 0.3) is 5.91 Å². The second-order valence-electron chi connectivity index (χ2n) is 4.90. The summed E-state index contributed by atoms with van der Waals surface area (Å²) < 4.78 is 5.14. The summed E-state index contributed by atoms with van der Waals surface area (Å²) in [6, 6.07) is 8.04. The Morgan fingerprint density at radius 1 is 1.38 bits per heavy atom. The predicted octanol–water partition coefficient (Wildman–Crippen LogP) is 0.606. The molecule has 7 heteroatoms. The van der Waals surface area contributed by atoms with Gasteiger partial charge in [0.1, 0.15) is 12.6 Å². The second kappa shape index (κ2) is 6.55. The van der Waals surface area contributed by atoms with Crippen LogP contribution in [0.2, 0.25) is 0 Å². The van der Waals surface area contributed by atoms with E-state index in [-0.39, 0.29) is 19.6 Å². The van der Waals surface area contributed by atoms with Crippen molar-refractivity contribution in [2.24, 2.45) is 0 Å². The van der Waals surface area contributed by atoms with E-state index >= 15 is 0 Å². The molecule has 2 atom stereocenters. The average molecular weight is 294 g/mol. The zero-order chi connectivity index (χ0) is 15.4. The Kier molecular flexibility index (Phi) is 4.77. The fourth-order valence-corrected chi connectivity index (χ4v) is 2.27. The number of likely N-dealkylation sites (tertiary alicyclic amines) is 1. The third-order valence-electron chi connectivity index (χ3n) is 3.38. The standard InChI is InChI=1S/C14H18N2O5/c1-15(20)13(18)12-11(17)7-8-16(12)14(19)21-9-10-5-3-2-4-6-10/h2-6,11-12,17,20H,7-9H2,1H3/t11?,12-/m0/s1. The predicted molar refractivity (Wildman–Crippen MR) is 72.3 cm³/mol. The fourth-order valence-electron chi connectivity index (χ4n) is 2.27. The molecule has 0 saturated carbocycles. The molecule has 1 aromatic rings. The van der Waals surface area contributed by atoms with Gasteiger partial charge in [-0.15, -0.1) is 0 Å². The van der Waals surface area contributed by atoms with E-state index in [4.69, 9.17) is 4.74 Å². The summed E-state index contributed by atoms with van der Waals surface area (Å²) in [6.07, 6.45) is -1.42. The van der Waals surface area contributed by atoms with Crippen LogP contribution >= 0.6 is 0 Å². The van der Waals surface area contributed by atoms with E-state index in [1.165, 1.54) is 0 Å². The van der Waals surface area contributed by atoms with E-state index in [0.29, 0.717) is 5.06 Å². The Bertz CT molecular complexity index is 505. The molecule has 21 heavy (non-hydrogen) atoms. The van der Waals surface area contributed by atoms with Crippen LogP contribution in [0.1, 0.15) is 12.0 Å². The normalized spacial score (nSPS) is 21.2. The van der Waals surface area contributed by atoms with E-state index in [9.17, 15) is 19.9 Å². The highest BCUT2D eigenvalue weighted by molar-refractivity contribution is 5.86. The number of nitrogens with zero attached hydrogens (tertiary/aromatic N) is 2. The Labute approximate surface area is 122 Å². The van der Waals surface area contributed by atoms with E-state index in [1.807, 2.05) is 30.3 Å². The first kappa shape index (κ1) is 15.3. The number of hydroxylamine groups is 2. The van der Waals surface area contributed by atoms with Crippen LogP contribution in [0.4, 0.5) is 4.79 Å². The first-order valence-electron chi connectivity index (χ1n) is 6.62. The van der Waals surface area contributed by atoms with Gasteiger partial charge < -0.3 is 9.84 Å². The van der Waals surface area contributed by atoms with Crippen LogP contribution in [0.15, 0.2) is 30.3 Å². The molecule has 2 amide bonds. The molecule has 1 aliphatic heterocycles. The third-order valence-corrected chi connectivity index (χ3v) is 3.38. The lowest BCUT2D eigenvalue weighted by atomic mass is 10.1. The van der Waals surface area contributed by atoms with Gasteiger partial charge in [0, 0.05) is 13.6 Å². The van der Waals surface area contributed by atoms with E-state index in [1.54, 1.807) is 0 Å². The number of likely N-dealkylation sites (N-methyl/N-ethyl adjacent to an activating group) is 1. The second-order valence-corrected chi connectivity index (χ2v) is 4.90. The first-order chi connectivity index (χ1) is 10.0.